The van der Waals surface area contributed by atoms with E-state index in [1.165, 1.54) is 12.5 Å². The molecule has 26 heavy (non-hydrogen) atoms. The van der Waals surface area contributed by atoms with E-state index in [0.29, 0.717) is 5.69 Å². The molecule has 2 aromatic rings. The van der Waals surface area contributed by atoms with Gasteiger partial charge in [-0.05, 0) is 45.7 Å². The van der Waals surface area contributed by atoms with Crippen molar-refractivity contribution in [1.82, 2.24) is 13.7 Å². The normalized spacial score (nSPS) is 15.2. The summed E-state index contributed by atoms with van der Waals surface area (Å²) >= 11 is -1.29. The second-order valence-electron chi connectivity index (χ2n) is 7.67. The van der Waals surface area contributed by atoms with Gasteiger partial charge in [-0.25, -0.2) is 17.4 Å². The van der Waals surface area contributed by atoms with Gasteiger partial charge in [0.15, 0.2) is 0 Å². The minimum Gasteiger partial charge on any atom is -0.598 e. The Morgan fingerprint density at radius 3 is 2.27 bits per heavy atom. The first kappa shape index (κ1) is 21.0. The summed E-state index contributed by atoms with van der Waals surface area (Å²) in [5.41, 5.74) is 1.54. The van der Waals surface area contributed by atoms with Crippen molar-refractivity contribution in [1.29, 1.82) is 0 Å². The third-order valence-corrected chi connectivity index (χ3v) is 7.16. The third-order valence-electron chi connectivity index (χ3n) is 3.95. The quantitative estimate of drug-likeness (QED) is 0.757. The standard InChI is InChI=1S/C18H27N3O3S2/c1-13(2)17(20-25(22)18(4,5)6)16-11-21(12-19-16)26(23,24)15-9-7-14(3)8-10-15/h7-13,17,20H,1-6H3. The summed E-state index contributed by atoms with van der Waals surface area (Å²) < 4.78 is 41.8. The Morgan fingerprint density at radius 2 is 1.77 bits per heavy atom. The van der Waals surface area contributed by atoms with Crippen LogP contribution in [0.4, 0.5) is 0 Å². The maximum atomic E-state index is 12.8. The van der Waals surface area contributed by atoms with Crippen molar-refractivity contribution < 1.29 is 13.0 Å². The highest BCUT2D eigenvalue weighted by Gasteiger charge is 2.32. The molecule has 0 fully saturated rings. The molecule has 1 N–H and O–H groups in total. The Hall–Kier alpha value is -1.35. The van der Waals surface area contributed by atoms with Gasteiger partial charge in [0, 0.05) is 17.6 Å². The monoisotopic (exact) mass is 397 g/mol. The number of nitrogens with one attached hydrogen (secondary N) is 1. The van der Waals surface area contributed by atoms with Crippen molar-refractivity contribution in [2.24, 2.45) is 5.92 Å². The number of benzene rings is 1. The molecule has 0 amide bonds. The fraction of sp³-hybridized carbons (Fsp3) is 0.500. The minimum absolute atomic E-state index is 0.0896. The van der Waals surface area contributed by atoms with E-state index in [1.54, 1.807) is 24.3 Å². The summed E-state index contributed by atoms with van der Waals surface area (Å²) in [5, 5.41) is 0. The average molecular weight is 398 g/mol. The van der Waals surface area contributed by atoms with Crippen LogP contribution in [0, 0.1) is 12.8 Å². The SMILES string of the molecule is Cc1ccc(S(=O)(=O)n2cnc(C(N[S+]([O-])C(C)(C)C)C(C)C)c2)cc1. The van der Waals surface area contributed by atoms with Gasteiger partial charge in [-0.2, -0.15) is 0 Å². The molecule has 0 aliphatic heterocycles. The van der Waals surface area contributed by atoms with Gasteiger partial charge in [0.2, 0.25) is 0 Å². The van der Waals surface area contributed by atoms with Crippen molar-refractivity contribution >= 4 is 21.4 Å². The van der Waals surface area contributed by atoms with Crippen molar-refractivity contribution in [2.45, 2.75) is 57.2 Å². The Balaban J connectivity index is 2.32. The van der Waals surface area contributed by atoms with Gasteiger partial charge in [-0.3, -0.25) is 0 Å². The van der Waals surface area contributed by atoms with Gasteiger partial charge >= 0.3 is 0 Å². The molecule has 0 spiro atoms. The predicted molar refractivity (Wildman–Crippen MR) is 105 cm³/mol. The van der Waals surface area contributed by atoms with Gasteiger partial charge in [0.25, 0.3) is 10.0 Å². The lowest BCUT2D eigenvalue weighted by Crippen LogP contribution is -2.42. The van der Waals surface area contributed by atoms with Crippen LogP contribution in [-0.2, 0) is 21.4 Å². The van der Waals surface area contributed by atoms with Crippen LogP contribution in [0.5, 0.6) is 0 Å². The molecular formula is C18H27N3O3S2. The molecule has 144 valence electrons. The topological polar surface area (TPSA) is 87.0 Å². The van der Waals surface area contributed by atoms with Crippen LogP contribution in [0.2, 0.25) is 0 Å². The summed E-state index contributed by atoms with van der Waals surface area (Å²) in [6.07, 6.45) is 2.79. The summed E-state index contributed by atoms with van der Waals surface area (Å²) in [4.78, 5) is 4.48. The smallest absolute Gasteiger partial charge is 0.268 e. The molecule has 2 unspecified atom stereocenters. The minimum atomic E-state index is -3.70. The number of aromatic nitrogens is 2. The fourth-order valence-electron chi connectivity index (χ4n) is 2.27. The third kappa shape index (κ3) is 4.68. The maximum Gasteiger partial charge on any atom is 0.268 e. The Morgan fingerprint density at radius 1 is 1.19 bits per heavy atom. The highest BCUT2D eigenvalue weighted by Crippen LogP contribution is 2.25. The number of rotatable bonds is 6. The van der Waals surface area contributed by atoms with Crippen LogP contribution < -0.4 is 4.72 Å². The van der Waals surface area contributed by atoms with E-state index in [1.807, 2.05) is 41.5 Å². The highest BCUT2D eigenvalue weighted by atomic mass is 32.2. The van der Waals surface area contributed by atoms with Gasteiger partial charge in [-0.1, -0.05) is 31.5 Å². The average Bonchev–Trinajstić information content (AvgIpc) is 3.01. The van der Waals surface area contributed by atoms with E-state index in [0.717, 1.165) is 9.54 Å². The number of aryl methyl sites for hydroxylation is 1. The van der Waals surface area contributed by atoms with Crippen LogP contribution >= 0.6 is 0 Å². The molecule has 1 aromatic carbocycles. The summed E-state index contributed by atoms with van der Waals surface area (Å²) in [5.74, 6) is 0.0896. The molecule has 1 aromatic heterocycles. The molecule has 0 saturated carbocycles. The number of nitrogens with zero attached hydrogens (tertiary/aromatic N) is 2. The fourth-order valence-corrected chi connectivity index (χ4v) is 4.39. The second-order valence-corrected chi connectivity index (χ2v) is 11.5. The van der Waals surface area contributed by atoms with Gasteiger partial charge < -0.3 is 4.55 Å². The second kappa shape index (κ2) is 7.72. The van der Waals surface area contributed by atoms with Crippen molar-refractivity contribution in [3.8, 4) is 0 Å². The summed E-state index contributed by atoms with van der Waals surface area (Å²) in [6, 6.07) is 6.37. The molecule has 0 aliphatic rings. The first-order chi connectivity index (χ1) is 11.9. The van der Waals surface area contributed by atoms with Crippen LogP contribution in [-0.4, -0.2) is 26.7 Å². The first-order valence-electron chi connectivity index (χ1n) is 8.47. The molecule has 0 bridgehead atoms. The Kier molecular flexibility index (Phi) is 6.22. The first-order valence-corrected chi connectivity index (χ1v) is 11.1. The molecule has 0 radical (unpaired) electrons. The van der Waals surface area contributed by atoms with E-state index in [9.17, 15) is 13.0 Å². The molecule has 2 atom stereocenters. The lowest BCUT2D eigenvalue weighted by Gasteiger charge is -2.28. The zero-order valence-corrected chi connectivity index (χ0v) is 17.7. The Labute approximate surface area is 159 Å². The lowest BCUT2D eigenvalue weighted by molar-refractivity contribution is 0.445. The van der Waals surface area contributed by atoms with E-state index in [2.05, 4.69) is 9.71 Å². The largest absolute Gasteiger partial charge is 0.598 e. The molecular weight excluding hydrogens is 370 g/mol. The molecule has 0 aliphatic carbocycles. The maximum absolute atomic E-state index is 12.8. The van der Waals surface area contributed by atoms with Gasteiger partial charge in [-0.15, -0.1) is 4.72 Å². The molecule has 2 rings (SSSR count). The summed E-state index contributed by atoms with van der Waals surface area (Å²) in [7, 11) is -3.70. The highest BCUT2D eigenvalue weighted by molar-refractivity contribution is 7.90. The van der Waals surface area contributed by atoms with Crippen LogP contribution in [0.3, 0.4) is 0 Å². The van der Waals surface area contributed by atoms with E-state index < -0.39 is 26.1 Å². The predicted octanol–water partition coefficient (Wildman–Crippen LogP) is 3.18. The number of hydrogen-bond donors (Lipinski definition) is 1. The molecule has 0 saturated heterocycles. The Bertz CT molecular complexity index is 837. The number of imidazole rings is 1. The van der Waals surface area contributed by atoms with Gasteiger partial charge in [0.1, 0.15) is 11.1 Å². The molecule has 6 nitrogen and oxygen atoms in total. The van der Waals surface area contributed by atoms with Crippen molar-refractivity contribution in [2.75, 3.05) is 0 Å². The van der Waals surface area contributed by atoms with E-state index in [-0.39, 0.29) is 16.9 Å². The molecule has 1 heterocycles. The van der Waals surface area contributed by atoms with Crippen molar-refractivity contribution in [3.05, 3.63) is 48.0 Å². The molecule has 8 heteroatoms. The van der Waals surface area contributed by atoms with Crippen LogP contribution in [0.1, 0.15) is 51.9 Å². The van der Waals surface area contributed by atoms with Crippen LogP contribution in [0.15, 0.2) is 41.7 Å². The zero-order valence-electron chi connectivity index (χ0n) is 16.1. The van der Waals surface area contributed by atoms with Crippen LogP contribution in [0.25, 0.3) is 0 Å². The summed E-state index contributed by atoms with van der Waals surface area (Å²) in [6.45, 7) is 11.5. The zero-order chi connectivity index (χ0) is 19.7. The van der Waals surface area contributed by atoms with Gasteiger partial charge in [0.05, 0.1) is 16.6 Å². The van der Waals surface area contributed by atoms with E-state index >= 15 is 0 Å². The van der Waals surface area contributed by atoms with E-state index in [4.69, 9.17) is 0 Å². The lowest BCUT2D eigenvalue weighted by atomic mass is 10.0. The number of hydrogen-bond acceptors (Lipinski definition) is 5. The van der Waals surface area contributed by atoms with Crippen molar-refractivity contribution in [3.63, 3.8) is 0 Å².